The Hall–Kier alpha value is -1.48. The van der Waals surface area contributed by atoms with Crippen LogP contribution in [0.5, 0.6) is 0 Å². The van der Waals surface area contributed by atoms with Gasteiger partial charge in [-0.05, 0) is 42.3 Å². The molecule has 0 aromatic heterocycles. The van der Waals surface area contributed by atoms with E-state index in [2.05, 4.69) is 15.9 Å². The maximum atomic E-state index is 13.1. The zero-order chi connectivity index (χ0) is 13.1. The van der Waals surface area contributed by atoms with E-state index in [1.54, 1.807) is 18.2 Å². The molecule has 92 valence electrons. The SMILES string of the molecule is Cc1ccc(F)cc1CC(=O)c1cccc(Br)c1. The first kappa shape index (κ1) is 13.0. The van der Waals surface area contributed by atoms with Crippen molar-refractivity contribution in [2.45, 2.75) is 13.3 Å². The molecule has 1 nitrogen and oxygen atoms in total. The fraction of sp³-hybridized carbons (Fsp3) is 0.133. The molecule has 18 heavy (non-hydrogen) atoms. The van der Waals surface area contributed by atoms with Crippen LogP contribution < -0.4 is 0 Å². The first-order valence-corrected chi connectivity index (χ1v) is 6.39. The Bertz CT molecular complexity index is 593. The van der Waals surface area contributed by atoms with E-state index >= 15 is 0 Å². The summed E-state index contributed by atoms with van der Waals surface area (Å²) in [4.78, 5) is 12.1. The van der Waals surface area contributed by atoms with Gasteiger partial charge in [0, 0.05) is 16.5 Å². The van der Waals surface area contributed by atoms with Crippen molar-refractivity contribution in [2.24, 2.45) is 0 Å². The Labute approximate surface area is 114 Å². The lowest BCUT2D eigenvalue weighted by Crippen LogP contribution is -2.05. The molecule has 0 bridgehead atoms. The number of carbonyl (C=O) groups excluding carboxylic acids is 1. The molecule has 0 unspecified atom stereocenters. The lowest BCUT2D eigenvalue weighted by molar-refractivity contribution is 0.0992. The lowest BCUT2D eigenvalue weighted by Gasteiger charge is -2.06. The first-order chi connectivity index (χ1) is 8.56. The van der Waals surface area contributed by atoms with Gasteiger partial charge in [-0.15, -0.1) is 0 Å². The number of hydrogen-bond acceptors (Lipinski definition) is 1. The molecule has 3 heteroatoms. The number of hydrogen-bond donors (Lipinski definition) is 0. The summed E-state index contributed by atoms with van der Waals surface area (Å²) in [5, 5.41) is 0. The molecule has 2 rings (SSSR count). The standard InChI is InChI=1S/C15H12BrFO/c1-10-5-6-14(17)8-12(10)9-15(18)11-3-2-4-13(16)7-11/h2-8H,9H2,1H3. The van der Waals surface area contributed by atoms with E-state index in [-0.39, 0.29) is 18.0 Å². The van der Waals surface area contributed by atoms with Crippen LogP contribution in [-0.4, -0.2) is 5.78 Å². The molecule has 2 aromatic carbocycles. The molecule has 0 saturated carbocycles. The van der Waals surface area contributed by atoms with Gasteiger partial charge in [-0.1, -0.05) is 34.1 Å². The van der Waals surface area contributed by atoms with Crippen LogP contribution >= 0.6 is 15.9 Å². The van der Waals surface area contributed by atoms with Crippen molar-refractivity contribution in [2.75, 3.05) is 0 Å². The largest absolute Gasteiger partial charge is 0.294 e. The molecule has 0 saturated heterocycles. The maximum Gasteiger partial charge on any atom is 0.167 e. The minimum Gasteiger partial charge on any atom is -0.294 e. The van der Waals surface area contributed by atoms with Crippen LogP contribution in [0.15, 0.2) is 46.9 Å². The second kappa shape index (κ2) is 5.44. The first-order valence-electron chi connectivity index (χ1n) is 5.60. The fourth-order valence-electron chi connectivity index (χ4n) is 1.77. The second-order valence-electron chi connectivity index (χ2n) is 4.18. The molecule has 0 fully saturated rings. The predicted octanol–water partition coefficient (Wildman–Crippen LogP) is 4.32. The summed E-state index contributed by atoms with van der Waals surface area (Å²) < 4.78 is 14.0. The highest BCUT2D eigenvalue weighted by atomic mass is 79.9. The van der Waals surface area contributed by atoms with Gasteiger partial charge in [0.15, 0.2) is 5.78 Å². The monoisotopic (exact) mass is 306 g/mol. The third-order valence-electron chi connectivity index (χ3n) is 2.81. The summed E-state index contributed by atoms with van der Waals surface area (Å²) in [6, 6.07) is 11.7. The van der Waals surface area contributed by atoms with Gasteiger partial charge in [0.05, 0.1) is 0 Å². The third-order valence-corrected chi connectivity index (χ3v) is 3.30. The van der Waals surface area contributed by atoms with Crippen molar-refractivity contribution in [3.05, 3.63) is 69.4 Å². The van der Waals surface area contributed by atoms with Gasteiger partial charge in [0.25, 0.3) is 0 Å². The van der Waals surface area contributed by atoms with Gasteiger partial charge in [0.1, 0.15) is 5.82 Å². The van der Waals surface area contributed by atoms with E-state index in [9.17, 15) is 9.18 Å². The number of halogens is 2. The molecule has 0 spiro atoms. The van der Waals surface area contributed by atoms with Gasteiger partial charge in [-0.2, -0.15) is 0 Å². The van der Waals surface area contributed by atoms with Crippen molar-refractivity contribution in [1.29, 1.82) is 0 Å². The predicted molar refractivity (Wildman–Crippen MR) is 73.3 cm³/mol. The van der Waals surface area contributed by atoms with Crippen molar-refractivity contribution in [1.82, 2.24) is 0 Å². The Morgan fingerprint density at radius 2 is 2.00 bits per heavy atom. The van der Waals surface area contributed by atoms with Crippen LogP contribution in [0.1, 0.15) is 21.5 Å². The van der Waals surface area contributed by atoms with Crippen LogP contribution in [0.3, 0.4) is 0 Å². The van der Waals surface area contributed by atoms with E-state index < -0.39 is 0 Å². The molecule has 2 aromatic rings. The Morgan fingerprint density at radius 1 is 1.22 bits per heavy atom. The molecule has 0 atom stereocenters. The summed E-state index contributed by atoms with van der Waals surface area (Å²) in [7, 11) is 0. The van der Waals surface area contributed by atoms with Crippen LogP contribution in [0, 0.1) is 12.7 Å². The maximum absolute atomic E-state index is 13.1. The number of aryl methyl sites for hydroxylation is 1. The Morgan fingerprint density at radius 3 is 2.72 bits per heavy atom. The quantitative estimate of drug-likeness (QED) is 0.772. The minimum atomic E-state index is -0.308. The van der Waals surface area contributed by atoms with Gasteiger partial charge in [0.2, 0.25) is 0 Å². The van der Waals surface area contributed by atoms with E-state index in [1.165, 1.54) is 12.1 Å². The number of Topliss-reactive ketones (excluding diaryl/α,β-unsaturated/α-hetero) is 1. The zero-order valence-electron chi connectivity index (χ0n) is 9.91. The van der Waals surface area contributed by atoms with E-state index in [1.807, 2.05) is 19.1 Å². The second-order valence-corrected chi connectivity index (χ2v) is 5.10. The number of rotatable bonds is 3. The molecule has 0 amide bonds. The summed E-state index contributed by atoms with van der Waals surface area (Å²) in [6.07, 6.45) is 0.222. The molecule has 0 aliphatic heterocycles. The minimum absolute atomic E-state index is 0.00926. The summed E-state index contributed by atoms with van der Waals surface area (Å²) >= 11 is 3.33. The van der Waals surface area contributed by atoms with Crippen molar-refractivity contribution < 1.29 is 9.18 Å². The summed E-state index contributed by atoms with van der Waals surface area (Å²) in [6.45, 7) is 1.88. The smallest absolute Gasteiger partial charge is 0.167 e. The van der Waals surface area contributed by atoms with E-state index in [4.69, 9.17) is 0 Å². The molecule has 0 heterocycles. The van der Waals surface area contributed by atoms with Crippen molar-refractivity contribution in [3.63, 3.8) is 0 Å². The van der Waals surface area contributed by atoms with Gasteiger partial charge in [-0.25, -0.2) is 4.39 Å². The van der Waals surface area contributed by atoms with Crippen molar-refractivity contribution >= 4 is 21.7 Å². The summed E-state index contributed by atoms with van der Waals surface area (Å²) in [5.74, 6) is -0.317. The van der Waals surface area contributed by atoms with Crippen LogP contribution in [0.4, 0.5) is 4.39 Å². The zero-order valence-corrected chi connectivity index (χ0v) is 11.5. The molecule has 0 aliphatic rings. The average Bonchev–Trinajstić information content (AvgIpc) is 2.34. The number of benzene rings is 2. The van der Waals surface area contributed by atoms with Gasteiger partial charge in [-0.3, -0.25) is 4.79 Å². The van der Waals surface area contributed by atoms with Crippen molar-refractivity contribution in [3.8, 4) is 0 Å². The number of carbonyl (C=O) groups is 1. The van der Waals surface area contributed by atoms with Gasteiger partial charge < -0.3 is 0 Å². The highest BCUT2D eigenvalue weighted by molar-refractivity contribution is 9.10. The highest BCUT2D eigenvalue weighted by Crippen LogP contribution is 2.16. The lowest BCUT2D eigenvalue weighted by atomic mass is 9.99. The van der Waals surface area contributed by atoms with E-state index in [0.29, 0.717) is 5.56 Å². The fourth-order valence-corrected chi connectivity index (χ4v) is 2.17. The third kappa shape index (κ3) is 3.05. The Kier molecular flexibility index (Phi) is 3.92. The molecular formula is C15H12BrFO. The molecule has 0 radical (unpaired) electrons. The van der Waals surface area contributed by atoms with Gasteiger partial charge >= 0.3 is 0 Å². The Balaban J connectivity index is 2.24. The molecule has 0 aliphatic carbocycles. The summed E-state index contributed by atoms with van der Waals surface area (Å²) in [5.41, 5.74) is 2.30. The van der Waals surface area contributed by atoms with Crippen LogP contribution in [0.2, 0.25) is 0 Å². The topological polar surface area (TPSA) is 17.1 Å². The normalized spacial score (nSPS) is 10.4. The van der Waals surface area contributed by atoms with Crippen LogP contribution in [-0.2, 0) is 6.42 Å². The molecular weight excluding hydrogens is 295 g/mol. The highest BCUT2D eigenvalue weighted by Gasteiger charge is 2.09. The molecule has 0 N–H and O–H groups in total. The van der Waals surface area contributed by atoms with E-state index in [0.717, 1.165) is 15.6 Å². The number of ketones is 1. The van der Waals surface area contributed by atoms with Crippen LogP contribution in [0.25, 0.3) is 0 Å². The average molecular weight is 307 g/mol.